The van der Waals surface area contributed by atoms with Crippen LogP contribution in [0.2, 0.25) is 0 Å². The molecule has 2 nitrogen and oxygen atoms in total. The molecule has 2 unspecified atom stereocenters. The fourth-order valence-electron chi connectivity index (χ4n) is 2.56. The molecule has 1 aromatic carbocycles. The molecule has 98 valence electrons. The molecule has 0 bridgehead atoms. The van der Waals surface area contributed by atoms with Crippen molar-refractivity contribution in [2.45, 2.75) is 52.1 Å². The number of hydrogen-bond donors (Lipinski definition) is 0. The van der Waals surface area contributed by atoms with Crippen molar-refractivity contribution in [2.75, 3.05) is 0 Å². The van der Waals surface area contributed by atoms with E-state index in [4.69, 9.17) is 4.74 Å². The summed E-state index contributed by atoms with van der Waals surface area (Å²) < 4.78 is 6.02. The van der Waals surface area contributed by atoms with E-state index in [1.807, 2.05) is 31.2 Å². The van der Waals surface area contributed by atoms with Gasteiger partial charge < -0.3 is 4.74 Å². The first-order valence-electron chi connectivity index (χ1n) is 7.00. The largest absolute Gasteiger partial charge is 0.490 e. The molecule has 1 aliphatic carbocycles. The van der Waals surface area contributed by atoms with Gasteiger partial charge in [0, 0.05) is 12.0 Å². The smallest absolute Gasteiger partial charge is 0.162 e. The van der Waals surface area contributed by atoms with E-state index in [0.29, 0.717) is 18.4 Å². The second kappa shape index (κ2) is 6.03. The fourth-order valence-corrected chi connectivity index (χ4v) is 2.56. The first-order valence-corrected chi connectivity index (χ1v) is 7.00. The minimum Gasteiger partial charge on any atom is -0.490 e. The molecule has 1 saturated carbocycles. The molecular weight excluding hydrogens is 224 g/mol. The standard InChI is InChI=1S/C16H22O2/c1-3-15(17)13-8-10-14(11-9-13)18-16-7-5-4-6-12(16)2/h8-12,16H,3-7H2,1-2H3. The predicted octanol–water partition coefficient (Wildman–Crippen LogP) is 4.24. The summed E-state index contributed by atoms with van der Waals surface area (Å²) in [6, 6.07) is 7.58. The Balaban J connectivity index is 1.99. The zero-order valence-electron chi connectivity index (χ0n) is 11.3. The van der Waals surface area contributed by atoms with Crippen LogP contribution in [-0.2, 0) is 0 Å². The fraction of sp³-hybridized carbons (Fsp3) is 0.562. The topological polar surface area (TPSA) is 26.3 Å². The number of carbonyl (C=O) groups excluding carboxylic acids is 1. The third kappa shape index (κ3) is 3.12. The number of carbonyl (C=O) groups is 1. The van der Waals surface area contributed by atoms with Crippen LogP contribution in [0.15, 0.2) is 24.3 Å². The highest BCUT2D eigenvalue weighted by Crippen LogP contribution is 2.28. The van der Waals surface area contributed by atoms with E-state index in [1.54, 1.807) is 0 Å². The summed E-state index contributed by atoms with van der Waals surface area (Å²) >= 11 is 0. The van der Waals surface area contributed by atoms with Crippen LogP contribution in [0.4, 0.5) is 0 Å². The van der Waals surface area contributed by atoms with Gasteiger partial charge in [0.25, 0.3) is 0 Å². The van der Waals surface area contributed by atoms with E-state index in [-0.39, 0.29) is 5.78 Å². The van der Waals surface area contributed by atoms with Gasteiger partial charge in [0.1, 0.15) is 11.9 Å². The lowest BCUT2D eigenvalue weighted by Gasteiger charge is -2.29. The predicted molar refractivity (Wildman–Crippen MR) is 73.1 cm³/mol. The van der Waals surface area contributed by atoms with Crippen LogP contribution in [0.25, 0.3) is 0 Å². The first kappa shape index (κ1) is 13.1. The Kier molecular flexibility index (Phi) is 4.40. The number of rotatable bonds is 4. The van der Waals surface area contributed by atoms with Crippen molar-refractivity contribution in [1.29, 1.82) is 0 Å². The zero-order chi connectivity index (χ0) is 13.0. The Morgan fingerprint density at radius 3 is 2.50 bits per heavy atom. The minimum atomic E-state index is 0.188. The van der Waals surface area contributed by atoms with Gasteiger partial charge in [0.15, 0.2) is 5.78 Å². The van der Waals surface area contributed by atoms with Crippen molar-refractivity contribution in [3.05, 3.63) is 29.8 Å². The van der Waals surface area contributed by atoms with Crippen LogP contribution in [0, 0.1) is 5.92 Å². The quantitative estimate of drug-likeness (QED) is 0.743. The second-order valence-corrected chi connectivity index (χ2v) is 5.22. The number of Topliss-reactive ketones (excluding diaryl/α,β-unsaturated/α-hetero) is 1. The van der Waals surface area contributed by atoms with Gasteiger partial charge in [0.2, 0.25) is 0 Å². The molecular formula is C16H22O2. The monoisotopic (exact) mass is 246 g/mol. The molecule has 0 saturated heterocycles. The van der Waals surface area contributed by atoms with Crippen LogP contribution >= 0.6 is 0 Å². The van der Waals surface area contributed by atoms with Gasteiger partial charge in [-0.3, -0.25) is 4.79 Å². The molecule has 1 aromatic rings. The maximum Gasteiger partial charge on any atom is 0.162 e. The molecule has 2 rings (SSSR count). The Hall–Kier alpha value is -1.31. The van der Waals surface area contributed by atoms with Crippen LogP contribution in [0.1, 0.15) is 56.3 Å². The van der Waals surface area contributed by atoms with Crippen LogP contribution < -0.4 is 4.74 Å². The summed E-state index contributed by atoms with van der Waals surface area (Å²) in [5.74, 6) is 1.71. The van der Waals surface area contributed by atoms with Crippen LogP contribution in [0.3, 0.4) is 0 Å². The van der Waals surface area contributed by atoms with Gasteiger partial charge in [-0.25, -0.2) is 0 Å². The van der Waals surface area contributed by atoms with E-state index >= 15 is 0 Å². The van der Waals surface area contributed by atoms with Crippen molar-refractivity contribution in [1.82, 2.24) is 0 Å². The van der Waals surface area contributed by atoms with Crippen molar-refractivity contribution in [3.8, 4) is 5.75 Å². The van der Waals surface area contributed by atoms with Crippen LogP contribution in [-0.4, -0.2) is 11.9 Å². The molecule has 18 heavy (non-hydrogen) atoms. The molecule has 0 radical (unpaired) electrons. The summed E-state index contributed by atoms with van der Waals surface area (Å²) in [6.45, 7) is 4.15. The molecule has 1 fully saturated rings. The Morgan fingerprint density at radius 2 is 1.89 bits per heavy atom. The zero-order valence-corrected chi connectivity index (χ0v) is 11.3. The summed E-state index contributed by atoms with van der Waals surface area (Å²) in [5.41, 5.74) is 0.779. The highest BCUT2D eigenvalue weighted by atomic mass is 16.5. The summed E-state index contributed by atoms with van der Waals surface area (Å²) in [7, 11) is 0. The maximum absolute atomic E-state index is 11.5. The normalized spacial score (nSPS) is 23.7. The number of ketones is 1. The van der Waals surface area contributed by atoms with Gasteiger partial charge in [-0.2, -0.15) is 0 Å². The molecule has 0 amide bonds. The third-order valence-electron chi connectivity index (χ3n) is 3.82. The van der Waals surface area contributed by atoms with Crippen LogP contribution in [0.5, 0.6) is 5.75 Å². The van der Waals surface area contributed by atoms with Gasteiger partial charge in [-0.05, 0) is 49.4 Å². The molecule has 1 aliphatic rings. The average Bonchev–Trinajstić information content (AvgIpc) is 2.41. The van der Waals surface area contributed by atoms with Crippen molar-refractivity contribution >= 4 is 5.78 Å². The second-order valence-electron chi connectivity index (χ2n) is 5.22. The van der Waals surface area contributed by atoms with Gasteiger partial charge >= 0.3 is 0 Å². The van der Waals surface area contributed by atoms with Crippen molar-refractivity contribution in [3.63, 3.8) is 0 Å². The number of ether oxygens (including phenoxy) is 1. The lowest BCUT2D eigenvalue weighted by Crippen LogP contribution is -2.28. The molecule has 0 aliphatic heterocycles. The first-order chi connectivity index (χ1) is 8.70. The average molecular weight is 246 g/mol. The highest BCUT2D eigenvalue weighted by molar-refractivity contribution is 5.95. The van der Waals surface area contributed by atoms with Gasteiger partial charge in [-0.15, -0.1) is 0 Å². The number of hydrogen-bond acceptors (Lipinski definition) is 2. The molecule has 0 N–H and O–H groups in total. The van der Waals surface area contributed by atoms with E-state index in [2.05, 4.69) is 6.92 Å². The molecule has 0 aromatic heterocycles. The van der Waals surface area contributed by atoms with E-state index in [1.165, 1.54) is 19.3 Å². The summed E-state index contributed by atoms with van der Waals surface area (Å²) in [5, 5.41) is 0. The number of benzene rings is 1. The molecule has 0 heterocycles. The lowest BCUT2D eigenvalue weighted by atomic mass is 9.88. The van der Waals surface area contributed by atoms with Crippen molar-refractivity contribution < 1.29 is 9.53 Å². The van der Waals surface area contributed by atoms with Gasteiger partial charge in [0.05, 0.1) is 0 Å². The minimum absolute atomic E-state index is 0.188. The summed E-state index contributed by atoms with van der Waals surface area (Å²) in [6.07, 6.45) is 5.90. The molecule has 2 atom stereocenters. The highest BCUT2D eigenvalue weighted by Gasteiger charge is 2.22. The van der Waals surface area contributed by atoms with E-state index in [9.17, 15) is 4.79 Å². The maximum atomic E-state index is 11.5. The van der Waals surface area contributed by atoms with Crippen molar-refractivity contribution in [2.24, 2.45) is 5.92 Å². The Bertz CT molecular complexity index is 394. The molecule has 0 spiro atoms. The van der Waals surface area contributed by atoms with E-state index in [0.717, 1.165) is 17.7 Å². The SMILES string of the molecule is CCC(=O)c1ccc(OC2CCCCC2C)cc1. The van der Waals surface area contributed by atoms with Gasteiger partial charge in [-0.1, -0.05) is 20.3 Å². The molecule has 2 heteroatoms. The van der Waals surface area contributed by atoms with E-state index < -0.39 is 0 Å². The summed E-state index contributed by atoms with van der Waals surface area (Å²) in [4.78, 5) is 11.5. The lowest BCUT2D eigenvalue weighted by molar-refractivity contribution is 0.0986. The Labute approximate surface area is 109 Å². The third-order valence-corrected chi connectivity index (χ3v) is 3.82. The Morgan fingerprint density at radius 1 is 1.22 bits per heavy atom.